The molecule has 18 heavy (non-hydrogen) atoms. The van der Waals surface area contributed by atoms with Crippen LogP contribution in [-0.2, 0) is 9.53 Å². The van der Waals surface area contributed by atoms with Crippen LogP contribution >= 0.6 is 0 Å². The van der Waals surface area contributed by atoms with Gasteiger partial charge in [0.2, 0.25) is 0 Å². The molecule has 1 heterocycles. The van der Waals surface area contributed by atoms with Crippen LogP contribution in [0.5, 0.6) is 5.75 Å². The smallest absolute Gasteiger partial charge is 0.377 e. The summed E-state index contributed by atoms with van der Waals surface area (Å²) in [6.45, 7) is 1.39. The van der Waals surface area contributed by atoms with Gasteiger partial charge in [-0.05, 0) is 24.3 Å². The van der Waals surface area contributed by atoms with Crippen molar-refractivity contribution in [2.24, 2.45) is 0 Å². The summed E-state index contributed by atoms with van der Waals surface area (Å²) in [6.07, 6.45) is 1.81. The Kier molecular flexibility index (Phi) is 3.94. The van der Waals surface area contributed by atoms with Crippen LogP contribution in [0.25, 0.3) is 0 Å². The molecule has 0 bridgehead atoms. The summed E-state index contributed by atoms with van der Waals surface area (Å²) in [7, 11) is 0. The maximum Gasteiger partial charge on any atom is 0.377 e. The van der Waals surface area contributed by atoms with Crippen molar-refractivity contribution in [3.63, 3.8) is 0 Å². The molecule has 2 rings (SSSR count). The molecule has 5 heteroatoms. The van der Waals surface area contributed by atoms with E-state index in [0.29, 0.717) is 19.0 Å². The minimum atomic E-state index is -1.45. The molecule has 1 saturated heterocycles. The summed E-state index contributed by atoms with van der Waals surface area (Å²) >= 11 is 0. The fourth-order valence-electron chi connectivity index (χ4n) is 1.79. The lowest BCUT2D eigenvalue weighted by Crippen LogP contribution is -2.25. The highest BCUT2D eigenvalue weighted by molar-refractivity contribution is 6.39. The number of carboxylic acids is 1. The van der Waals surface area contributed by atoms with E-state index in [9.17, 15) is 9.59 Å². The Morgan fingerprint density at radius 2 is 1.78 bits per heavy atom. The molecule has 96 valence electrons. The van der Waals surface area contributed by atoms with Gasteiger partial charge in [0.1, 0.15) is 11.9 Å². The molecule has 0 atom stereocenters. The van der Waals surface area contributed by atoms with Crippen molar-refractivity contribution < 1.29 is 24.2 Å². The third kappa shape index (κ3) is 3.07. The SMILES string of the molecule is O=C(O)C(=O)c1ccc(OC2CCOCC2)cc1. The molecule has 0 spiro atoms. The molecule has 1 aromatic rings. The van der Waals surface area contributed by atoms with Crippen LogP contribution in [0.4, 0.5) is 0 Å². The van der Waals surface area contributed by atoms with Gasteiger partial charge in [-0.15, -0.1) is 0 Å². The van der Waals surface area contributed by atoms with E-state index in [1.54, 1.807) is 12.1 Å². The molecule has 1 aliphatic heterocycles. The van der Waals surface area contributed by atoms with Crippen molar-refractivity contribution in [3.8, 4) is 5.75 Å². The van der Waals surface area contributed by atoms with E-state index in [4.69, 9.17) is 14.6 Å². The van der Waals surface area contributed by atoms with Crippen molar-refractivity contribution in [1.29, 1.82) is 0 Å². The number of ketones is 1. The van der Waals surface area contributed by atoms with E-state index < -0.39 is 11.8 Å². The maximum atomic E-state index is 11.2. The highest BCUT2D eigenvalue weighted by atomic mass is 16.5. The summed E-state index contributed by atoms with van der Waals surface area (Å²) in [6, 6.07) is 6.16. The molecular formula is C13H14O5. The standard InChI is InChI=1S/C13H14O5/c14-12(13(15)16)9-1-3-10(4-2-9)18-11-5-7-17-8-6-11/h1-4,11H,5-8H2,(H,15,16). The first-order valence-corrected chi connectivity index (χ1v) is 5.79. The van der Waals surface area contributed by atoms with E-state index in [1.165, 1.54) is 12.1 Å². The van der Waals surface area contributed by atoms with E-state index in [-0.39, 0.29) is 11.7 Å². The van der Waals surface area contributed by atoms with Gasteiger partial charge in [-0.1, -0.05) is 0 Å². The van der Waals surface area contributed by atoms with Gasteiger partial charge in [0, 0.05) is 18.4 Å². The van der Waals surface area contributed by atoms with Gasteiger partial charge in [0.15, 0.2) is 0 Å². The fraction of sp³-hybridized carbons (Fsp3) is 0.385. The summed E-state index contributed by atoms with van der Waals surface area (Å²) in [5.41, 5.74) is 0.154. The van der Waals surface area contributed by atoms with Crippen LogP contribution in [0.15, 0.2) is 24.3 Å². The van der Waals surface area contributed by atoms with Gasteiger partial charge < -0.3 is 14.6 Å². The van der Waals surface area contributed by atoms with E-state index in [0.717, 1.165) is 12.8 Å². The minimum absolute atomic E-state index is 0.125. The Morgan fingerprint density at radius 1 is 1.17 bits per heavy atom. The van der Waals surface area contributed by atoms with Crippen LogP contribution in [-0.4, -0.2) is 36.2 Å². The topological polar surface area (TPSA) is 72.8 Å². The normalized spacial score (nSPS) is 16.2. The zero-order valence-electron chi connectivity index (χ0n) is 9.80. The van der Waals surface area contributed by atoms with Gasteiger partial charge in [-0.3, -0.25) is 4.79 Å². The summed E-state index contributed by atoms with van der Waals surface area (Å²) in [5.74, 6) is -1.72. The Balaban J connectivity index is 1.98. The maximum absolute atomic E-state index is 11.2. The number of hydrogen-bond donors (Lipinski definition) is 1. The number of ether oxygens (including phenoxy) is 2. The number of benzene rings is 1. The second-order valence-corrected chi connectivity index (χ2v) is 4.09. The largest absolute Gasteiger partial charge is 0.490 e. The van der Waals surface area contributed by atoms with E-state index in [2.05, 4.69) is 0 Å². The molecule has 0 aliphatic carbocycles. The van der Waals surface area contributed by atoms with Crippen LogP contribution in [0.3, 0.4) is 0 Å². The number of aliphatic carboxylic acids is 1. The number of rotatable bonds is 4. The average molecular weight is 250 g/mol. The molecule has 1 fully saturated rings. The van der Waals surface area contributed by atoms with Crippen LogP contribution in [0, 0.1) is 0 Å². The van der Waals surface area contributed by atoms with E-state index >= 15 is 0 Å². The van der Waals surface area contributed by atoms with Crippen LogP contribution in [0.2, 0.25) is 0 Å². The quantitative estimate of drug-likeness (QED) is 0.647. The number of carboxylic acid groups (broad SMARTS) is 1. The molecule has 5 nitrogen and oxygen atoms in total. The Morgan fingerprint density at radius 3 is 2.33 bits per heavy atom. The molecule has 0 radical (unpaired) electrons. The summed E-state index contributed by atoms with van der Waals surface area (Å²) in [5, 5.41) is 8.57. The molecule has 1 aromatic carbocycles. The Bertz CT molecular complexity index is 431. The lowest BCUT2D eigenvalue weighted by atomic mass is 10.1. The van der Waals surface area contributed by atoms with Gasteiger partial charge >= 0.3 is 5.97 Å². The van der Waals surface area contributed by atoms with Crippen molar-refractivity contribution >= 4 is 11.8 Å². The fourth-order valence-corrected chi connectivity index (χ4v) is 1.79. The Labute approximate surface area is 104 Å². The lowest BCUT2D eigenvalue weighted by Gasteiger charge is -2.23. The predicted octanol–water partition coefficient (Wildman–Crippen LogP) is 1.51. The summed E-state index contributed by atoms with van der Waals surface area (Å²) in [4.78, 5) is 21.7. The van der Waals surface area contributed by atoms with Gasteiger partial charge in [-0.25, -0.2) is 4.79 Å². The predicted molar refractivity (Wildman–Crippen MR) is 62.9 cm³/mol. The van der Waals surface area contributed by atoms with Crippen molar-refractivity contribution in [3.05, 3.63) is 29.8 Å². The van der Waals surface area contributed by atoms with Crippen LogP contribution in [0.1, 0.15) is 23.2 Å². The highest BCUT2D eigenvalue weighted by Gasteiger charge is 2.17. The summed E-state index contributed by atoms with van der Waals surface area (Å²) < 4.78 is 10.9. The first-order chi connectivity index (χ1) is 8.66. The van der Waals surface area contributed by atoms with Crippen LogP contribution < -0.4 is 4.74 Å². The van der Waals surface area contributed by atoms with Crippen molar-refractivity contribution in [2.45, 2.75) is 18.9 Å². The molecular weight excluding hydrogens is 236 g/mol. The third-order valence-corrected chi connectivity index (χ3v) is 2.78. The molecule has 1 aliphatic rings. The lowest BCUT2D eigenvalue weighted by molar-refractivity contribution is -0.131. The number of Topliss-reactive ketones (excluding diaryl/α,β-unsaturated/α-hetero) is 1. The molecule has 0 amide bonds. The first kappa shape index (κ1) is 12.6. The van der Waals surface area contributed by atoms with Gasteiger partial charge in [-0.2, -0.15) is 0 Å². The van der Waals surface area contributed by atoms with Gasteiger partial charge in [0.05, 0.1) is 13.2 Å². The zero-order valence-corrected chi connectivity index (χ0v) is 9.80. The van der Waals surface area contributed by atoms with Gasteiger partial charge in [0.25, 0.3) is 5.78 Å². The van der Waals surface area contributed by atoms with Crippen molar-refractivity contribution in [2.75, 3.05) is 13.2 Å². The second kappa shape index (κ2) is 5.64. The molecule has 0 saturated carbocycles. The Hall–Kier alpha value is -1.88. The molecule has 1 N–H and O–H groups in total. The second-order valence-electron chi connectivity index (χ2n) is 4.09. The van der Waals surface area contributed by atoms with E-state index in [1.807, 2.05) is 0 Å². The minimum Gasteiger partial charge on any atom is -0.490 e. The monoisotopic (exact) mass is 250 g/mol. The molecule has 0 unspecified atom stereocenters. The first-order valence-electron chi connectivity index (χ1n) is 5.79. The highest BCUT2D eigenvalue weighted by Crippen LogP contribution is 2.18. The number of hydrogen-bond acceptors (Lipinski definition) is 4. The number of carbonyl (C=O) groups is 2. The zero-order chi connectivity index (χ0) is 13.0. The average Bonchev–Trinajstić information content (AvgIpc) is 2.40. The third-order valence-electron chi connectivity index (χ3n) is 2.78. The molecule has 0 aromatic heterocycles. The number of carbonyl (C=O) groups excluding carboxylic acids is 1. The van der Waals surface area contributed by atoms with Crippen molar-refractivity contribution in [1.82, 2.24) is 0 Å².